The fourth-order valence-electron chi connectivity index (χ4n) is 6.56. The molecule has 4 aromatic rings. The predicted molar refractivity (Wildman–Crippen MR) is 156 cm³/mol. The second-order valence-electron chi connectivity index (χ2n) is 11.5. The predicted octanol–water partition coefficient (Wildman–Crippen LogP) is 6.61. The molecule has 2 unspecified atom stereocenters. The maximum atomic E-state index is 14.9. The second-order valence-corrected chi connectivity index (χ2v) is 13.0. The van der Waals surface area contributed by atoms with Gasteiger partial charge in [0.2, 0.25) is 0 Å². The van der Waals surface area contributed by atoms with Crippen molar-refractivity contribution in [3.63, 3.8) is 0 Å². The van der Waals surface area contributed by atoms with Gasteiger partial charge in [-0.2, -0.15) is 0 Å². The summed E-state index contributed by atoms with van der Waals surface area (Å²) >= 11 is 7.23. The lowest BCUT2D eigenvalue weighted by molar-refractivity contribution is -0.0592. The number of imidazole rings is 1. The number of hydrogen-bond acceptors (Lipinski definition) is 6. The molecule has 41 heavy (non-hydrogen) atoms. The number of benzene rings is 2. The van der Waals surface area contributed by atoms with Gasteiger partial charge in [-0.25, -0.2) is 14.2 Å². The first-order chi connectivity index (χ1) is 19.8. The van der Waals surface area contributed by atoms with Gasteiger partial charge in [0, 0.05) is 29.2 Å². The number of ether oxygens (including phenoxy) is 2. The number of aromatic carboxylic acids is 1. The smallest absolute Gasteiger partial charge is 0.346 e. The molecule has 0 radical (unpaired) electrons. The Bertz CT molecular complexity index is 1640. The molecule has 0 spiro atoms. The van der Waals surface area contributed by atoms with Crippen LogP contribution in [0.4, 0.5) is 4.39 Å². The van der Waals surface area contributed by atoms with E-state index in [0.29, 0.717) is 40.9 Å². The van der Waals surface area contributed by atoms with Gasteiger partial charge < -0.3 is 19.1 Å². The largest absolute Gasteiger partial charge is 0.482 e. The quantitative estimate of drug-likeness (QED) is 0.259. The van der Waals surface area contributed by atoms with Gasteiger partial charge in [0.25, 0.3) is 0 Å². The van der Waals surface area contributed by atoms with Crippen molar-refractivity contribution in [3.8, 4) is 5.75 Å². The van der Waals surface area contributed by atoms with E-state index in [4.69, 9.17) is 26.1 Å². The summed E-state index contributed by atoms with van der Waals surface area (Å²) in [7, 11) is 0. The van der Waals surface area contributed by atoms with Crippen molar-refractivity contribution in [2.75, 3.05) is 19.7 Å². The van der Waals surface area contributed by atoms with Gasteiger partial charge in [0.1, 0.15) is 32.7 Å². The van der Waals surface area contributed by atoms with Crippen LogP contribution in [-0.4, -0.2) is 51.3 Å². The molecule has 1 N–H and O–H groups in total. The minimum absolute atomic E-state index is 0.152. The van der Waals surface area contributed by atoms with E-state index in [0.717, 1.165) is 60.9 Å². The maximum Gasteiger partial charge on any atom is 0.346 e. The number of likely N-dealkylation sites (tertiary alicyclic amines) is 1. The van der Waals surface area contributed by atoms with E-state index < -0.39 is 11.6 Å². The molecule has 10 heteroatoms. The third-order valence-corrected chi connectivity index (χ3v) is 10.1. The number of thiophene rings is 1. The maximum absolute atomic E-state index is 14.9. The number of halogens is 2. The minimum Gasteiger partial charge on any atom is -0.482 e. The molecule has 2 aromatic carbocycles. The van der Waals surface area contributed by atoms with Crippen LogP contribution in [0.15, 0.2) is 42.5 Å². The Balaban J connectivity index is 1.07. The number of carboxylic acid groups (broad SMARTS) is 1. The molecular weight excluding hydrogens is 565 g/mol. The van der Waals surface area contributed by atoms with Crippen LogP contribution in [0, 0.1) is 5.82 Å². The lowest BCUT2D eigenvalue weighted by atomic mass is 9.82. The third kappa shape index (κ3) is 4.92. The molecule has 7 rings (SSSR count). The molecule has 5 heterocycles. The highest BCUT2D eigenvalue weighted by molar-refractivity contribution is 7.20. The van der Waals surface area contributed by atoms with Gasteiger partial charge in [-0.3, -0.25) is 4.90 Å². The number of hydrogen-bond donors (Lipinski definition) is 1. The van der Waals surface area contributed by atoms with Crippen molar-refractivity contribution >= 4 is 39.3 Å². The Hall–Kier alpha value is -2.98. The van der Waals surface area contributed by atoms with Crippen LogP contribution in [-0.2, 0) is 29.8 Å². The number of aromatic nitrogens is 2. The van der Waals surface area contributed by atoms with Gasteiger partial charge in [-0.15, -0.1) is 11.3 Å². The molecule has 0 aliphatic carbocycles. The van der Waals surface area contributed by atoms with Crippen LogP contribution in [0.1, 0.15) is 64.3 Å². The normalized spacial score (nSPS) is 23.0. The van der Waals surface area contributed by atoms with Crippen molar-refractivity contribution in [2.24, 2.45) is 0 Å². The molecule has 3 aliphatic heterocycles. The minimum atomic E-state index is -0.917. The molecule has 2 fully saturated rings. The monoisotopic (exact) mass is 595 g/mol. The summed E-state index contributed by atoms with van der Waals surface area (Å²) in [5.41, 5.74) is 3.10. The Kier molecular flexibility index (Phi) is 6.81. The first-order valence-electron chi connectivity index (χ1n) is 14.1. The first kappa shape index (κ1) is 26.9. The lowest BCUT2D eigenvalue weighted by Crippen LogP contribution is -2.35. The van der Waals surface area contributed by atoms with Gasteiger partial charge >= 0.3 is 5.97 Å². The van der Waals surface area contributed by atoms with Crippen molar-refractivity contribution < 1.29 is 23.8 Å². The van der Waals surface area contributed by atoms with Crippen LogP contribution in [0.5, 0.6) is 5.75 Å². The van der Waals surface area contributed by atoms with E-state index in [-0.39, 0.29) is 11.9 Å². The average Bonchev–Trinajstić information content (AvgIpc) is 3.57. The van der Waals surface area contributed by atoms with Crippen molar-refractivity contribution in [2.45, 2.75) is 63.3 Å². The Morgan fingerprint density at radius 1 is 1.22 bits per heavy atom. The van der Waals surface area contributed by atoms with E-state index >= 15 is 0 Å². The Morgan fingerprint density at radius 2 is 2.02 bits per heavy atom. The molecule has 7 nitrogen and oxygen atoms in total. The highest BCUT2D eigenvalue weighted by Crippen LogP contribution is 2.46. The highest BCUT2D eigenvalue weighted by atomic mass is 35.5. The van der Waals surface area contributed by atoms with E-state index in [9.17, 15) is 14.3 Å². The standard InChI is InChI=1S/C31H31ClFN3O4S/c1-31(23-6-5-19(32)13-24(23)33)15-22-21(3-2-4-26(22)40-31)18-7-10-35(11-8-18)17-28-34-29-25(14-27(41-29)30(37)38)36(28)16-20-9-12-39-20/h2-6,13-14,18,20H,7-12,15-17H2,1H3,(H,37,38). The number of carbonyl (C=O) groups is 1. The summed E-state index contributed by atoms with van der Waals surface area (Å²) < 4.78 is 29.1. The molecule has 0 amide bonds. The molecule has 2 aromatic heterocycles. The highest BCUT2D eigenvalue weighted by Gasteiger charge is 2.41. The van der Waals surface area contributed by atoms with Crippen LogP contribution in [0.2, 0.25) is 5.02 Å². The van der Waals surface area contributed by atoms with Crippen LogP contribution in [0.3, 0.4) is 0 Å². The Morgan fingerprint density at radius 3 is 2.73 bits per heavy atom. The third-order valence-electron chi connectivity index (χ3n) is 8.83. The summed E-state index contributed by atoms with van der Waals surface area (Å²) in [5.74, 6) is 0.935. The molecule has 2 saturated heterocycles. The molecule has 3 aliphatic rings. The zero-order chi connectivity index (χ0) is 28.3. The number of piperidine rings is 1. The summed E-state index contributed by atoms with van der Waals surface area (Å²) in [6.07, 6.45) is 3.79. The van der Waals surface area contributed by atoms with Gasteiger partial charge in [-0.1, -0.05) is 29.8 Å². The van der Waals surface area contributed by atoms with Gasteiger partial charge in [0.05, 0.1) is 24.7 Å². The van der Waals surface area contributed by atoms with E-state index in [1.54, 1.807) is 18.2 Å². The topological polar surface area (TPSA) is 76.8 Å². The lowest BCUT2D eigenvalue weighted by Gasteiger charge is -2.33. The van der Waals surface area contributed by atoms with Crippen LogP contribution < -0.4 is 4.74 Å². The first-order valence-corrected chi connectivity index (χ1v) is 15.3. The molecule has 214 valence electrons. The van der Waals surface area contributed by atoms with Crippen LogP contribution in [0.25, 0.3) is 10.3 Å². The number of rotatable bonds is 7. The fraction of sp³-hybridized carbons (Fsp3) is 0.419. The summed E-state index contributed by atoms with van der Waals surface area (Å²) in [5, 5.41) is 9.84. The van der Waals surface area contributed by atoms with Gasteiger partial charge in [-0.05, 0) is 75.0 Å². The SMILES string of the molecule is CC1(c2ccc(Cl)cc2F)Cc2c(cccc2C2CCN(Cc3nc4sc(C(=O)O)cc4n3CC3CCO3)CC2)O1. The van der Waals surface area contributed by atoms with Crippen molar-refractivity contribution in [1.82, 2.24) is 14.5 Å². The average molecular weight is 596 g/mol. The fourth-order valence-corrected chi connectivity index (χ4v) is 7.61. The molecule has 2 atom stereocenters. The zero-order valence-electron chi connectivity index (χ0n) is 22.7. The van der Waals surface area contributed by atoms with Crippen molar-refractivity contribution in [1.29, 1.82) is 0 Å². The Labute approximate surface area is 246 Å². The molecule has 0 saturated carbocycles. The molecular formula is C31H31ClFN3O4S. The second kappa shape index (κ2) is 10.4. The number of nitrogens with zero attached hydrogens (tertiary/aromatic N) is 3. The zero-order valence-corrected chi connectivity index (χ0v) is 24.3. The van der Waals surface area contributed by atoms with E-state index in [1.807, 2.05) is 19.1 Å². The van der Waals surface area contributed by atoms with Crippen LogP contribution >= 0.6 is 22.9 Å². The summed E-state index contributed by atoms with van der Waals surface area (Å²) in [6, 6.07) is 12.8. The van der Waals surface area contributed by atoms with E-state index in [1.165, 1.54) is 28.5 Å². The van der Waals surface area contributed by atoms with E-state index in [2.05, 4.69) is 15.5 Å². The van der Waals surface area contributed by atoms with Crippen molar-refractivity contribution in [3.05, 3.63) is 80.7 Å². The molecule has 0 bridgehead atoms. The summed E-state index contributed by atoms with van der Waals surface area (Å²) in [4.78, 5) is 19.9. The number of carboxylic acids is 1. The number of fused-ring (bicyclic) bond motifs is 2. The summed E-state index contributed by atoms with van der Waals surface area (Å²) in [6.45, 7) is 6.00. The van der Waals surface area contributed by atoms with Gasteiger partial charge in [0.15, 0.2) is 0 Å².